The third-order valence-electron chi connectivity index (χ3n) is 6.30. The topological polar surface area (TPSA) is 86.1 Å². The maximum Gasteiger partial charge on any atom is 0.223 e. The molecule has 2 aromatic rings. The number of methoxy groups -OCH3 is 1. The van der Waals surface area contributed by atoms with Gasteiger partial charge in [-0.25, -0.2) is 5.90 Å². The SMILES string of the molecule is CCCCc1ccc([C@@H](ON)[C@@H](CN2CCCC2)NC(=O)CCOc2ccc(OC)cc2)cc1. The van der Waals surface area contributed by atoms with E-state index in [-0.39, 0.29) is 25.0 Å². The van der Waals surface area contributed by atoms with Gasteiger partial charge in [0.1, 0.15) is 17.6 Å². The van der Waals surface area contributed by atoms with E-state index in [4.69, 9.17) is 20.2 Å². The third kappa shape index (κ3) is 8.01. The van der Waals surface area contributed by atoms with Crippen LogP contribution in [-0.4, -0.2) is 50.2 Å². The molecule has 186 valence electrons. The van der Waals surface area contributed by atoms with Crippen molar-refractivity contribution in [1.29, 1.82) is 0 Å². The number of aryl methyl sites for hydroxylation is 1. The molecule has 3 N–H and O–H groups in total. The average molecular weight is 470 g/mol. The Morgan fingerprint density at radius 3 is 2.35 bits per heavy atom. The number of nitrogens with zero attached hydrogens (tertiary/aromatic N) is 1. The summed E-state index contributed by atoms with van der Waals surface area (Å²) in [6.45, 7) is 5.24. The van der Waals surface area contributed by atoms with Crippen molar-refractivity contribution in [2.45, 2.75) is 57.6 Å². The Morgan fingerprint density at radius 1 is 1.06 bits per heavy atom. The van der Waals surface area contributed by atoms with Crippen LogP contribution in [0.15, 0.2) is 48.5 Å². The molecule has 2 aromatic carbocycles. The molecule has 7 heteroatoms. The standard InChI is InChI=1S/C27H39N3O4/c1-3-4-7-21-8-10-22(11-9-21)27(34-28)25(20-30-17-5-6-18-30)29-26(31)16-19-33-24-14-12-23(32-2)13-15-24/h8-15,25,27H,3-7,16-20,28H2,1-2H3,(H,29,31)/t25-,27-/m1/s1. The molecule has 0 bridgehead atoms. The first kappa shape index (κ1) is 26.0. The first-order valence-corrected chi connectivity index (χ1v) is 12.4. The fraction of sp³-hybridized carbons (Fsp3) is 0.519. The van der Waals surface area contributed by atoms with Crippen LogP contribution in [0.3, 0.4) is 0 Å². The number of carbonyl (C=O) groups excluding carboxylic acids is 1. The maximum absolute atomic E-state index is 12.8. The number of unbranched alkanes of at least 4 members (excludes halogenated alkanes) is 1. The number of likely N-dealkylation sites (tertiary alicyclic amines) is 1. The summed E-state index contributed by atoms with van der Waals surface area (Å²) < 4.78 is 10.9. The molecule has 1 heterocycles. The minimum atomic E-state index is -0.424. The number of carbonyl (C=O) groups is 1. The van der Waals surface area contributed by atoms with Crippen molar-refractivity contribution in [2.24, 2.45) is 5.90 Å². The molecule has 1 saturated heterocycles. The predicted molar refractivity (Wildman–Crippen MR) is 134 cm³/mol. The second-order valence-corrected chi connectivity index (χ2v) is 8.86. The molecule has 1 aliphatic rings. The van der Waals surface area contributed by atoms with Crippen molar-refractivity contribution in [1.82, 2.24) is 10.2 Å². The van der Waals surface area contributed by atoms with Gasteiger partial charge in [-0.3, -0.25) is 9.63 Å². The van der Waals surface area contributed by atoms with Crippen LogP contribution in [-0.2, 0) is 16.1 Å². The largest absolute Gasteiger partial charge is 0.497 e. The zero-order valence-electron chi connectivity index (χ0n) is 20.5. The van der Waals surface area contributed by atoms with Crippen molar-refractivity contribution in [3.05, 3.63) is 59.7 Å². The number of hydrogen-bond acceptors (Lipinski definition) is 6. The maximum atomic E-state index is 12.8. The zero-order valence-corrected chi connectivity index (χ0v) is 20.5. The third-order valence-corrected chi connectivity index (χ3v) is 6.30. The molecule has 7 nitrogen and oxygen atoms in total. The van der Waals surface area contributed by atoms with Gasteiger partial charge in [0.25, 0.3) is 0 Å². The number of benzene rings is 2. The van der Waals surface area contributed by atoms with Crippen LogP contribution in [0.4, 0.5) is 0 Å². The quantitative estimate of drug-likeness (QED) is 0.407. The highest BCUT2D eigenvalue weighted by molar-refractivity contribution is 5.76. The van der Waals surface area contributed by atoms with Crippen LogP contribution in [0.25, 0.3) is 0 Å². The zero-order chi connectivity index (χ0) is 24.2. The molecule has 3 rings (SSSR count). The number of ether oxygens (including phenoxy) is 2. The molecule has 1 fully saturated rings. The highest BCUT2D eigenvalue weighted by Gasteiger charge is 2.28. The Balaban J connectivity index is 1.60. The first-order valence-electron chi connectivity index (χ1n) is 12.4. The molecule has 0 unspecified atom stereocenters. The summed E-state index contributed by atoms with van der Waals surface area (Å²) in [5, 5.41) is 3.16. The van der Waals surface area contributed by atoms with E-state index in [0.29, 0.717) is 12.3 Å². The lowest BCUT2D eigenvalue weighted by Crippen LogP contribution is -2.48. The van der Waals surface area contributed by atoms with Gasteiger partial charge in [-0.05, 0) is 74.2 Å². The van der Waals surface area contributed by atoms with E-state index in [1.165, 1.54) is 31.2 Å². The summed E-state index contributed by atoms with van der Waals surface area (Å²) >= 11 is 0. The van der Waals surface area contributed by atoms with Crippen molar-refractivity contribution >= 4 is 5.91 Å². The van der Waals surface area contributed by atoms with E-state index >= 15 is 0 Å². The van der Waals surface area contributed by atoms with Crippen LogP contribution < -0.4 is 20.7 Å². The van der Waals surface area contributed by atoms with Gasteiger partial charge < -0.3 is 19.7 Å². The second-order valence-electron chi connectivity index (χ2n) is 8.86. The van der Waals surface area contributed by atoms with E-state index in [2.05, 4.69) is 41.4 Å². The van der Waals surface area contributed by atoms with Crippen molar-refractivity contribution < 1.29 is 19.1 Å². The molecule has 0 aromatic heterocycles. The Labute approximate surface area is 203 Å². The van der Waals surface area contributed by atoms with Gasteiger partial charge in [-0.2, -0.15) is 0 Å². The molecular formula is C27H39N3O4. The smallest absolute Gasteiger partial charge is 0.223 e. The molecular weight excluding hydrogens is 430 g/mol. The lowest BCUT2D eigenvalue weighted by Gasteiger charge is -2.30. The monoisotopic (exact) mass is 469 g/mol. The molecule has 34 heavy (non-hydrogen) atoms. The van der Waals surface area contributed by atoms with Crippen LogP contribution in [0.1, 0.15) is 56.3 Å². The lowest BCUT2D eigenvalue weighted by molar-refractivity contribution is -0.124. The Hall–Kier alpha value is -2.61. The number of amides is 1. The van der Waals surface area contributed by atoms with E-state index in [1.807, 2.05) is 24.3 Å². The fourth-order valence-electron chi connectivity index (χ4n) is 4.33. The molecule has 2 atom stereocenters. The first-order chi connectivity index (χ1) is 16.6. The molecule has 0 aliphatic carbocycles. The fourth-order valence-corrected chi connectivity index (χ4v) is 4.33. The van der Waals surface area contributed by atoms with Crippen molar-refractivity contribution in [3.8, 4) is 11.5 Å². The summed E-state index contributed by atoms with van der Waals surface area (Å²) in [4.78, 5) is 20.6. The number of rotatable bonds is 14. The van der Waals surface area contributed by atoms with Gasteiger partial charge in [-0.15, -0.1) is 0 Å². The minimum Gasteiger partial charge on any atom is -0.497 e. The molecule has 1 amide bonds. The Morgan fingerprint density at radius 2 is 1.74 bits per heavy atom. The predicted octanol–water partition coefficient (Wildman–Crippen LogP) is 4.02. The van der Waals surface area contributed by atoms with E-state index in [1.54, 1.807) is 7.11 Å². The van der Waals surface area contributed by atoms with Crippen LogP contribution in [0.2, 0.25) is 0 Å². The Bertz CT molecular complexity index is 851. The molecule has 0 saturated carbocycles. The normalized spacial score (nSPS) is 15.6. The lowest BCUT2D eigenvalue weighted by atomic mass is 9.98. The molecule has 0 radical (unpaired) electrons. The summed E-state index contributed by atoms with van der Waals surface area (Å²) in [5.41, 5.74) is 2.28. The van der Waals surface area contributed by atoms with Crippen molar-refractivity contribution in [3.63, 3.8) is 0 Å². The Kier molecular flexibility index (Phi) is 10.7. The van der Waals surface area contributed by atoms with Gasteiger partial charge in [0.05, 0.1) is 26.2 Å². The van der Waals surface area contributed by atoms with Gasteiger partial charge in [0, 0.05) is 6.54 Å². The van der Waals surface area contributed by atoms with Crippen LogP contribution >= 0.6 is 0 Å². The molecule has 0 spiro atoms. The number of nitrogens with one attached hydrogen (secondary N) is 1. The van der Waals surface area contributed by atoms with Gasteiger partial charge in [-0.1, -0.05) is 37.6 Å². The van der Waals surface area contributed by atoms with Crippen LogP contribution in [0, 0.1) is 0 Å². The summed E-state index contributed by atoms with van der Waals surface area (Å²) in [7, 11) is 1.62. The average Bonchev–Trinajstić information content (AvgIpc) is 3.37. The number of hydrogen-bond donors (Lipinski definition) is 2. The molecule has 1 aliphatic heterocycles. The van der Waals surface area contributed by atoms with E-state index < -0.39 is 6.10 Å². The van der Waals surface area contributed by atoms with Crippen LogP contribution in [0.5, 0.6) is 11.5 Å². The summed E-state index contributed by atoms with van der Waals surface area (Å²) in [6.07, 6.45) is 5.58. The summed E-state index contributed by atoms with van der Waals surface area (Å²) in [6, 6.07) is 15.5. The number of nitrogens with two attached hydrogens (primary N) is 1. The summed E-state index contributed by atoms with van der Waals surface area (Å²) in [5.74, 6) is 7.15. The highest BCUT2D eigenvalue weighted by atomic mass is 16.6. The van der Waals surface area contributed by atoms with Gasteiger partial charge in [0.15, 0.2) is 0 Å². The van der Waals surface area contributed by atoms with E-state index in [9.17, 15) is 4.79 Å². The van der Waals surface area contributed by atoms with Crippen molar-refractivity contribution in [2.75, 3.05) is 33.4 Å². The van der Waals surface area contributed by atoms with Gasteiger partial charge >= 0.3 is 0 Å². The van der Waals surface area contributed by atoms with Gasteiger partial charge in [0.2, 0.25) is 5.91 Å². The van der Waals surface area contributed by atoms with E-state index in [0.717, 1.165) is 30.8 Å². The highest BCUT2D eigenvalue weighted by Crippen LogP contribution is 2.23. The second kappa shape index (κ2) is 13.9. The minimum absolute atomic E-state index is 0.0840.